The van der Waals surface area contributed by atoms with Crippen LogP contribution < -0.4 is 5.73 Å². The number of thioether (sulfide) groups is 1. The Morgan fingerprint density at radius 2 is 1.80 bits per heavy atom. The first-order valence-corrected chi connectivity index (χ1v) is 6.76. The van der Waals surface area contributed by atoms with Gasteiger partial charge in [0.05, 0.1) is 0 Å². The monoisotopic (exact) mass is 223 g/mol. The van der Waals surface area contributed by atoms with E-state index >= 15 is 0 Å². The van der Waals surface area contributed by atoms with E-state index in [9.17, 15) is 0 Å². The molecule has 1 nitrogen and oxygen atoms in total. The van der Waals surface area contributed by atoms with Gasteiger partial charge in [0.15, 0.2) is 0 Å². The summed E-state index contributed by atoms with van der Waals surface area (Å²) in [5, 5.41) is 0. The number of hydrogen-bond donors (Lipinski definition) is 1. The lowest BCUT2D eigenvalue weighted by atomic mass is 10.0. The molecule has 2 N–H and O–H groups in total. The molecule has 0 saturated carbocycles. The molecule has 1 rings (SSSR count). The summed E-state index contributed by atoms with van der Waals surface area (Å²) >= 11 is 1.93. The highest BCUT2D eigenvalue weighted by Crippen LogP contribution is 2.15. The van der Waals surface area contributed by atoms with Crippen LogP contribution in [0.5, 0.6) is 0 Å². The number of nitrogens with two attached hydrogens (primary N) is 1. The molecule has 0 aliphatic heterocycles. The summed E-state index contributed by atoms with van der Waals surface area (Å²) in [5.74, 6) is 2.88. The molecule has 0 spiro atoms. The van der Waals surface area contributed by atoms with Gasteiger partial charge in [-0.15, -0.1) is 0 Å². The van der Waals surface area contributed by atoms with E-state index in [-0.39, 0.29) is 0 Å². The Morgan fingerprint density at radius 3 is 2.33 bits per heavy atom. The Hall–Kier alpha value is -0.470. The van der Waals surface area contributed by atoms with Crippen molar-refractivity contribution in [3.63, 3.8) is 0 Å². The molecular weight excluding hydrogens is 202 g/mol. The quantitative estimate of drug-likeness (QED) is 0.750. The lowest BCUT2D eigenvalue weighted by molar-refractivity contribution is 0.865. The minimum atomic E-state index is 0.630. The van der Waals surface area contributed by atoms with Crippen molar-refractivity contribution in [3.05, 3.63) is 35.4 Å². The van der Waals surface area contributed by atoms with E-state index in [4.69, 9.17) is 5.73 Å². The highest BCUT2D eigenvalue weighted by molar-refractivity contribution is 7.99. The Morgan fingerprint density at radius 1 is 1.13 bits per heavy atom. The van der Waals surface area contributed by atoms with Gasteiger partial charge >= 0.3 is 0 Å². The molecule has 0 fully saturated rings. The van der Waals surface area contributed by atoms with Crippen molar-refractivity contribution in [1.29, 1.82) is 0 Å². The molecular formula is C13H21NS. The average molecular weight is 223 g/mol. The van der Waals surface area contributed by atoms with Gasteiger partial charge in [-0.1, -0.05) is 38.1 Å². The van der Waals surface area contributed by atoms with E-state index in [2.05, 4.69) is 38.1 Å². The summed E-state index contributed by atoms with van der Waals surface area (Å²) < 4.78 is 0. The maximum Gasteiger partial charge on any atom is 0.00559 e. The van der Waals surface area contributed by atoms with E-state index in [0.717, 1.165) is 18.7 Å². The van der Waals surface area contributed by atoms with Crippen LogP contribution in [0.3, 0.4) is 0 Å². The van der Waals surface area contributed by atoms with E-state index in [1.54, 1.807) is 0 Å². The fourth-order valence-corrected chi connectivity index (χ4v) is 2.20. The van der Waals surface area contributed by atoms with Crippen LogP contribution in [-0.4, -0.2) is 18.1 Å². The zero-order valence-corrected chi connectivity index (χ0v) is 10.5. The first-order valence-electron chi connectivity index (χ1n) is 5.60. The Balaban J connectivity index is 2.36. The fourth-order valence-electron chi connectivity index (χ4n) is 1.44. The highest BCUT2D eigenvalue weighted by Gasteiger charge is 1.98. The topological polar surface area (TPSA) is 26.0 Å². The van der Waals surface area contributed by atoms with Crippen LogP contribution in [0.25, 0.3) is 0 Å². The standard InChI is InChI=1S/C13H21NS/c1-11(2)13-5-3-12(4-6-13)7-9-15-10-8-14/h3-6,11H,7-10,14H2,1-2H3. The van der Waals surface area contributed by atoms with Crippen molar-refractivity contribution in [3.8, 4) is 0 Å². The third-order valence-electron chi connectivity index (χ3n) is 2.44. The molecule has 2 heteroatoms. The second-order valence-corrected chi connectivity index (χ2v) is 5.27. The van der Waals surface area contributed by atoms with Crippen LogP contribution in [0.4, 0.5) is 0 Å². The molecule has 1 aromatic rings. The zero-order chi connectivity index (χ0) is 11.1. The number of rotatable bonds is 6. The molecule has 0 atom stereocenters. The van der Waals surface area contributed by atoms with Crippen molar-refractivity contribution < 1.29 is 0 Å². The van der Waals surface area contributed by atoms with Gasteiger partial charge in [0.2, 0.25) is 0 Å². The molecule has 84 valence electrons. The maximum atomic E-state index is 5.44. The van der Waals surface area contributed by atoms with Gasteiger partial charge in [-0.2, -0.15) is 11.8 Å². The molecule has 1 aromatic carbocycles. The van der Waals surface area contributed by atoms with E-state index in [0.29, 0.717) is 5.92 Å². The van der Waals surface area contributed by atoms with Gasteiger partial charge in [-0.25, -0.2) is 0 Å². The van der Waals surface area contributed by atoms with Gasteiger partial charge in [0.1, 0.15) is 0 Å². The summed E-state index contributed by atoms with van der Waals surface area (Å²) in [4.78, 5) is 0. The molecule has 0 aliphatic rings. The van der Waals surface area contributed by atoms with Gasteiger partial charge in [-0.05, 0) is 29.2 Å². The molecule has 0 bridgehead atoms. The second-order valence-electron chi connectivity index (χ2n) is 4.05. The second kappa shape index (κ2) is 6.91. The normalized spacial score (nSPS) is 10.9. The summed E-state index contributed by atoms with van der Waals surface area (Å²) in [6.07, 6.45) is 1.16. The minimum absolute atomic E-state index is 0.630. The molecule has 0 heterocycles. The van der Waals surface area contributed by atoms with Crippen LogP contribution in [0.1, 0.15) is 30.9 Å². The number of benzene rings is 1. The number of hydrogen-bond acceptors (Lipinski definition) is 2. The van der Waals surface area contributed by atoms with Crippen molar-refractivity contribution in [2.75, 3.05) is 18.1 Å². The lowest BCUT2D eigenvalue weighted by Gasteiger charge is -2.06. The smallest absolute Gasteiger partial charge is 0.00559 e. The summed E-state index contributed by atoms with van der Waals surface area (Å²) in [6.45, 7) is 5.25. The van der Waals surface area contributed by atoms with Crippen molar-refractivity contribution >= 4 is 11.8 Å². The van der Waals surface area contributed by atoms with Crippen molar-refractivity contribution in [2.24, 2.45) is 5.73 Å². The number of aryl methyl sites for hydroxylation is 1. The maximum absolute atomic E-state index is 5.44. The molecule has 0 unspecified atom stereocenters. The van der Waals surface area contributed by atoms with E-state index in [1.807, 2.05) is 11.8 Å². The summed E-state index contributed by atoms with van der Waals surface area (Å²) in [6, 6.07) is 8.98. The van der Waals surface area contributed by atoms with Crippen molar-refractivity contribution in [1.82, 2.24) is 0 Å². The first kappa shape index (κ1) is 12.6. The molecule has 15 heavy (non-hydrogen) atoms. The van der Waals surface area contributed by atoms with Crippen LogP contribution in [-0.2, 0) is 6.42 Å². The van der Waals surface area contributed by atoms with Crippen LogP contribution in [0, 0.1) is 0 Å². The van der Waals surface area contributed by atoms with Gasteiger partial charge in [-0.3, -0.25) is 0 Å². The first-order chi connectivity index (χ1) is 7.24. The highest BCUT2D eigenvalue weighted by atomic mass is 32.2. The largest absolute Gasteiger partial charge is 0.330 e. The third-order valence-corrected chi connectivity index (χ3v) is 3.46. The van der Waals surface area contributed by atoms with Crippen LogP contribution >= 0.6 is 11.8 Å². The van der Waals surface area contributed by atoms with Gasteiger partial charge < -0.3 is 5.73 Å². The Bertz CT molecular complexity index is 266. The van der Waals surface area contributed by atoms with Crippen LogP contribution in [0.2, 0.25) is 0 Å². The van der Waals surface area contributed by atoms with E-state index < -0.39 is 0 Å². The Kier molecular flexibility index (Phi) is 5.81. The molecule has 0 amide bonds. The SMILES string of the molecule is CC(C)c1ccc(CCSCCN)cc1. The summed E-state index contributed by atoms with van der Waals surface area (Å²) in [5.41, 5.74) is 8.30. The van der Waals surface area contributed by atoms with Crippen molar-refractivity contribution in [2.45, 2.75) is 26.2 Å². The fraction of sp³-hybridized carbons (Fsp3) is 0.538. The molecule has 0 radical (unpaired) electrons. The van der Waals surface area contributed by atoms with E-state index in [1.165, 1.54) is 16.9 Å². The molecule has 0 aliphatic carbocycles. The van der Waals surface area contributed by atoms with Gasteiger partial charge in [0, 0.05) is 12.3 Å². The Labute approximate surface area is 97.4 Å². The zero-order valence-electron chi connectivity index (χ0n) is 9.70. The minimum Gasteiger partial charge on any atom is -0.330 e. The predicted octanol–water partition coefficient (Wildman–Crippen LogP) is 3.04. The predicted molar refractivity (Wildman–Crippen MR) is 70.6 cm³/mol. The molecule has 0 saturated heterocycles. The van der Waals surface area contributed by atoms with Crippen LogP contribution in [0.15, 0.2) is 24.3 Å². The lowest BCUT2D eigenvalue weighted by Crippen LogP contribution is -2.02. The average Bonchev–Trinajstić information content (AvgIpc) is 2.25. The van der Waals surface area contributed by atoms with Gasteiger partial charge in [0.25, 0.3) is 0 Å². The summed E-state index contributed by atoms with van der Waals surface area (Å²) in [7, 11) is 0. The molecule has 0 aromatic heterocycles. The third kappa shape index (κ3) is 4.72.